The lowest BCUT2D eigenvalue weighted by atomic mass is 10.3. The first kappa shape index (κ1) is 7.79. The largest absolute Gasteiger partial charge is 0.462 e. The van der Waals surface area contributed by atoms with Crippen molar-refractivity contribution in [3.63, 3.8) is 0 Å². The smallest absolute Gasteiger partial charge is 0.145 e. The first-order chi connectivity index (χ1) is 5.22. The number of carbonyl (C=O) groups is 1. The molecule has 1 rings (SSSR count). The summed E-state index contributed by atoms with van der Waals surface area (Å²) in [5.74, 6) is 1.59. The van der Waals surface area contributed by atoms with Crippen molar-refractivity contribution in [2.45, 2.75) is 13.8 Å². The molecular formula is C9H10O2. The van der Waals surface area contributed by atoms with Crippen LogP contribution in [0.2, 0.25) is 0 Å². The van der Waals surface area contributed by atoms with Crippen LogP contribution in [0.15, 0.2) is 22.1 Å². The summed E-state index contributed by atoms with van der Waals surface area (Å²) in [4.78, 5) is 10.2. The quantitative estimate of drug-likeness (QED) is 0.478. The fraction of sp³-hybridized carbons (Fsp3) is 0.222. The lowest BCUT2D eigenvalue weighted by molar-refractivity contribution is -0.104. The predicted molar refractivity (Wildman–Crippen MR) is 43.2 cm³/mol. The highest BCUT2D eigenvalue weighted by atomic mass is 16.3. The second kappa shape index (κ2) is 3.19. The second-order valence-electron chi connectivity index (χ2n) is 2.45. The van der Waals surface area contributed by atoms with E-state index < -0.39 is 0 Å². The van der Waals surface area contributed by atoms with E-state index in [9.17, 15) is 4.79 Å². The zero-order valence-electron chi connectivity index (χ0n) is 6.63. The molecular weight excluding hydrogens is 140 g/mol. The van der Waals surface area contributed by atoms with Crippen LogP contribution in [-0.2, 0) is 4.79 Å². The Morgan fingerprint density at radius 2 is 2.27 bits per heavy atom. The van der Waals surface area contributed by atoms with Gasteiger partial charge in [-0.15, -0.1) is 0 Å². The van der Waals surface area contributed by atoms with Crippen molar-refractivity contribution in [2.75, 3.05) is 0 Å². The van der Waals surface area contributed by atoms with E-state index in [0.717, 1.165) is 17.8 Å². The van der Waals surface area contributed by atoms with Gasteiger partial charge in [0.2, 0.25) is 0 Å². The summed E-state index contributed by atoms with van der Waals surface area (Å²) in [6, 6.07) is 3.70. The number of carbonyl (C=O) groups excluding carboxylic acids is 1. The Morgan fingerprint density at radius 1 is 1.55 bits per heavy atom. The molecule has 0 fully saturated rings. The van der Waals surface area contributed by atoms with Crippen LogP contribution in [0.3, 0.4) is 0 Å². The first-order valence-electron chi connectivity index (χ1n) is 3.42. The molecule has 0 saturated heterocycles. The van der Waals surface area contributed by atoms with Gasteiger partial charge in [0.25, 0.3) is 0 Å². The highest BCUT2D eigenvalue weighted by Gasteiger charge is 1.93. The van der Waals surface area contributed by atoms with Crippen molar-refractivity contribution in [1.29, 1.82) is 0 Å². The Labute approximate surface area is 65.5 Å². The maximum atomic E-state index is 10.2. The van der Waals surface area contributed by atoms with Crippen molar-refractivity contribution < 1.29 is 9.21 Å². The molecule has 0 aliphatic rings. The Kier molecular flexibility index (Phi) is 2.26. The minimum Gasteiger partial charge on any atom is -0.462 e. The molecule has 58 valence electrons. The number of aldehydes is 1. The Balaban J connectivity index is 2.86. The van der Waals surface area contributed by atoms with E-state index in [1.54, 1.807) is 13.0 Å². The van der Waals surface area contributed by atoms with Gasteiger partial charge >= 0.3 is 0 Å². The maximum Gasteiger partial charge on any atom is 0.145 e. The van der Waals surface area contributed by atoms with Gasteiger partial charge in [0, 0.05) is 0 Å². The molecule has 0 bridgehead atoms. The minimum absolute atomic E-state index is 0.666. The fourth-order valence-corrected chi connectivity index (χ4v) is 0.789. The molecule has 2 heteroatoms. The van der Waals surface area contributed by atoms with Gasteiger partial charge in [0.1, 0.15) is 17.8 Å². The van der Waals surface area contributed by atoms with Crippen molar-refractivity contribution in [1.82, 2.24) is 0 Å². The predicted octanol–water partition coefficient (Wildman–Crippen LogP) is 2.19. The molecule has 1 aromatic heterocycles. The SMILES string of the molecule is C/C(C=O)=C/c1ccc(C)o1. The molecule has 2 nitrogen and oxygen atoms in total. The molecule has 0 amide bonds. The number of aryl methyl sites for hydroxylation is 1. The van der Waals surface area contributed by atoms with E-state index >= 15 is 0 Å². The summed E-state index contributed by atoms with van der Waals surface area (Å²) in [5.41, 5.74) is 0.666. The van der Waals surface area contributed by atoms with Crippen LogP contribution in [0.1, 0.15) is 18.4 Å². The van der Waals surface area contributed by atoms with E-state index in [1.807, 2.05) is 19.1 Å². The van der Waals surface area contributed by atoms with Crippen molar-refractivity contribution in [3.8, 4) is 0 Å². The number of hydrogen-bond acceptors (Lipinski definition) is 2. The Bertz CT molecular complexity index is 282. The first-order valence-corrected chi connectivity index (χ1v) is 3.42. The second-order valence-corrected chi connectivity index (χ2v) is 2.45. The summed E-state index contributed by atoms with van der Waals surface area (Å²) in [5, 5.41) is 0. The molecule has 1 heterocycles. The summed E-state index contributed by atoms with van der Waals surface area (Å²) in [6.45, 7) is 3.61. The third kappa shape index (κ3) is 2.08. The summed E-state index contributed by atoms with van der Waals surface area (Å²) in [6.07, 6.45) is 2.51. The number of furan rings is 1. The molecule has 0 aliphatic heterocycles. The lowest BCUT2D eigenvalue weighted by Crippen LogP contribution is -1.73. The van der Waals surface area contributed by atoms with Crippen LogP contribution in [0.5, 0.6) is 0 Å². The van der Waals surface area contributed by atoms with E-state index in [2.05, 4.69) is 0 Å². The number of allylic oxidation sites excluding steroid dienone is 1. The Morgan fingerprint density at radius 3 is 2.73 bits per heavy atom. The van der Waals surface area contributed by atoms with Crippen LogP contribution >= 0.6 is 0 Å². The van der Waals surface area contributed by atoms with Gasteiger partial charge in [-0.25, -0.2) is 0 Å². The zero-order valence-corrected chi connectivity index (χ0v) is 6.63. The monoisotopic (exact) mass is 150 g/mol. The number of hydrogen-bond donors (Lipinski definition) is 0. The minimum atomic E-state index is 0.666. The Hall–Kier alpha value is -1.31. The van der Waals surface area contributed by atoms with Crippen molar-refractivity contribution in [3.05, 3.63) is 29.2 Å². The topological polar surface area (TPSA) is 30.2 Å². The lowest BCUT2D eigenvalue weighted by Gasteiger charge is -1.85. The molecule has 0 atom stereocenters. The van der Waals surface area contributed by atoms with Gasteiger partial charge in [-0.1, -0.05) is 0 Å². The summed E-state index contributed by atoms with van der Waals surface area (Å²) >= 11 is 0. The van der Waals surface area contributed by atoms with Crippen molar-refractivity contribution >= 4 is 12.4 Å². The normalized spacial score (nSPS) is 11.6. The molecule has 0 saturated carbocycles. The zero-order chi connectivity index (χ0) is 8.27. The molecule has 0 spiro atoms. The van der Waals surface area contributed by atoms with E-state index in [0.29, 0.717) is 5.57 Å². The van der Waals surface area contributed by atoms with E-state index in [-0.39, 0.29) is 0 Å². The number of rotatable bonds is 2. The average Bonchev–Trinajstić information content (AvgIpc) is 2.35. The standard InChI is InChI=1S/C9H10O2/c1-7(6-10)5-9-4-3-8(2)11-9/h3-6H,1-2H3/b7-5-. The van der Waals surface area contributed by atoms with Crippen LogP contribution in [0.4, 0.5) is 0 Å². The average molecular weight is 150 g/mol. The van der Waals surface area contributed by atoms with E-state index in [4.69, 9.17) is 4.42 Å². The molecule has 11 heavy (non-hydrogen) atoms. The van der Waals surface area contributed by atoms with Gasteiger partial charge < -0.3 is 4.42 Å². The van der Waals surface area contributed by atoms with E-state index in [1.165, 1.54) is 0 Å². The molecule has 0 aromatic carbocycles. The van der Waals surface area contributed by atoms with Gasteiger partial charge in [0.05, 0.1) is 0 Å². The van der Waals surface area contributed by atoms with Crippen LogP contribution in [-0.4, -0.2) is 6.29 Å². The summed E-state index contributed by atoms with van der Waals surface area (Å²) in [7, 11) is 0. The van der Waals surface area contributed by atoms with Crippen molar-refractivity contribution in [2.24, 2.45) is 0 Å². The molecule has 0 N–H and O–H groups in total. The van der Waals surface area contributed by atoms with Crippen LogP contribution in [0, 0.1) is 6.92 Å². The summed E-state index contributed by atoms with van der Waals surface area (Å²) < 4.78 is 5.22. The maximum absolute atomic E-state index is 10.2. The van der Waals surface area contributed by atoms with Crippen LogP contribution < -0.4 is 0 Å². The third-order valence-corrected chi connectivity index (χ3v) is 1.32. The van der Waals surface area contributed by atoms with Gasteiger partial charge in [-0.2, -0.15) is 0 Å². The molecule has 0 unspecified atom stereocenters. The molecule has 0 aliphatic carbocycles. The molecule has 1 aromatic rings. The van der Waals surface area contributed by atoms with Gasteiger partial charge in [-0.3, -0.25) is 4.79 Å². The van der Waals surface area contributed by atoms with Gasteiger partial charge in [0.15, 0.2) is 0 Å². The van der Waals surface area contributed by atoms with Crippen LogP contribution in [0.25, 0.3) is 6.08 Å². The molecule has 0 radical (unpaired) electrons. The highest BCUT2D eigenvalue weighted by Crippen LogP contribution is 2.09. The fourth-order valence-electron chi connectivity index (χ4n) is 0.789. The third-order valence-electron chi connectivity index (χ3n) is 1.32. The van der Waals surface area contributed by atoms with Gasteiger partial charge in [-0.05, 0) is 37.6 Å². The highest BCUT2D eigenvalue weighted by molar-refractivity contribution is 5.79.